The Bertz CT molecular complexity index is 207. The van der Waals surface area contributed by atoms with Crippen molar-refractivity contribution in [2.75, 3.05) is 7.11 Å². The van der Waals surface area contributed by atoms with Gasteiger partial charge in [0.05, 0.1) is 7.11 Å². The van der Waals surface area contributed by atoms with Crippen LogP contribution in [0.2, 0.25) is 0 Å². The smallest absolute Gasteiger partial charge is 0.315 e. The molecule has 1 rings (SSSR count). The molecular formula is C5H5N2O3. The summed E-state index contributed by atoms with van der Waals surface area (Å²) >= 11 is 0. The normalized spacial score (nSPS) is 9.30. The predicted octanol–water partition coefficient (Wildman–Crippen LogP) is -0.415. The summed E-state index contributed by atoms with van der Waals surface area (Å²) in [5, 5.41) is 6.69. The molecule has 1 radical (unpaired) electrons. The average Bonchev–Trinajstić information content (AvgIpc) is 2.40. The predicted molar refractivity (Wildman–Crippen MR) is 28.9 cm³/mol. The Morgan fingerprint density at radius 1 is 1.90 bits per heavy atom. The van der Waals surface area contributed by atoms with Crippen LogP contribution in [0.3, 0.4) is 0 Å². The fourth-order valence-corrected chi connectivity index (χ4v) is 0.437. The number of carbonyl (C=O) groups is 1. The van der Waals surface area contributed by atoms with Gasteiger partial charge in [-0.2, -0.15) is 0 Å². The second kappa shape index (κ2) is 2.95. The van der Waals surface area contributed by atoms with Gasteiger partial charge in [-0.05, 0) is 0 Å². The highest BCUT2D eigenvalue weighted by Crippen LogP contribution is 1.92. The summed E-state index contributed by atoms with van der Waals surface area (Å²) in [5.41, 5.74) is 0. The maximum absolute atomic E-state index is 10.5. The number of esters is 1. The highest BCUT2D eigenvalue weighted by Gasteiger charge is 2.06. The van der Waals surface area contributed by atoms with Crippen LogP contribution in [-0.4, -0.2) is 23.3 Å². The topological polar surface area (TPSA) is 65.2 Å². The number of aromatic nitrogens is 2. The van der Waals surface area contributed by atoms with E-state index in [1.54, 1.807) is 0 Å². The maximum atomic E-state index is 10.5. The van der Waals surface area contributed by atoms with Crippen LogP contribution in [0.1, 0.15) is 5.89 Å². The summed E-state index contributed by atoms with van der Waals surface area (Å²) in [6.07, 6.45) is 2.12. The molecule has 1 heterocycles. The molecule has 0 amide bonds. The summed E-state index contributed by atoms with van der Waals surface area (Å²) in [6.45, 7) is 0. The van der Waals surface area contributed by atoms with Gasteiger partial charge in [-0.15, -0.1) is 10.2 Å². The van der Waals surface area contributed by atoms with Gasteiger partial charge in [-0.25, -0.2) is 0 Å². The molecule has 53 valence electrons. The standard InChI is InChI=1S/C5H5N2O3/c1-9-5(8)2-4-7-6-3-10-4/h2H2,1H3. The molecule has 5 nitrogen and oxygen atoms in total. The SMILES string of the molecule is COC(=O)Cc1nn[c]o1. The summed E-state index contributed by atoms with van der Waals surface area (Å²) in [6, 6.07) is 0. The quantitative estimate of drug-likeness (QED) is 0.523. The Labute approximate surface area is 57.0 Å². The molecule has 10 heavy (non-hydrogen) atoms. The number of hydrogen-bond acceptors (Lipinski definition) is 5. The fraction of sp³-hybridized carbons (Fsp3) is 0.400. The molecule has 0 unspecified atom stereocenters. The highest BCUT2D eigenvalue weighted by atomic mass is 16.5. The molecule has 5 heteroatoms. The lowest BCUT2D eigenvalue weighted by Gasteiger charge is -1.90. The van der Waals surface area contributed by atoms with Crippen LogP contribution in [0.5, 0.6) is 0 Å². The molecule has 0 N–H and O–H groups in total. The zero-order valence-corrected chi connectivity index (χ0v) is 5.33. The fourth-order valence-electron chi connectivity index (χ4n) is 0.437. The molecular weight excluding hydrogens is 136 g/mol. The molecule has 0 saturated carbocycles. The van der Waals surface area contributed by atoms with Crippen LogP contribution in [-0.2, 0) is 16.0 Å². The van der Waals surface area contributed by atoms with Crippen LogP contribution in [0.25, 0.3) is 0 Å². The van der Waals surface area contributed by atoms with Gasteiger partial charge in [0.2, 0.25) is 5.89 Å². The molecule has 1 aromatic rings. The van der Waals surface area contributed by atoms with E-state index in [2.05, 4.69) is 25.7 Å². The van der Waals surface area contributed by atoms with E-state index in [0.29, 0.717) is 0 Å². The van der Waals surface area contributed by atoms with E-state index in [0.717, 1.165) is 0 Å². The van der Waals surface area contributed by atoms with E-state index >= 15 is 0 Å². The van der Waals surface area contributed by atoms with Crippen molar-refractivity contribution in [3.63, 3.8) is 0 Å². The zero-order chi connectivity index (χ0) is 7.40. The van der Waals surface area contributed by atoms with Crippen LogP contribution < -0.4 is 0 Å². The average molecular weight is 141 g/mol. The van der Waals surface area contributed by atoms with Crippen molar-refractivity contribution in [2.24, 2.45) is 0 Å². The van der Waals surface area contributed by atoms with Gasteiger partial charge in [-0.1, -0.05) is 0 Å². The number of rotatable bonds is 2. The summed E-state index contributed by atoms with van der Waals surface area (Å²) in [7, 11) is 1.29. The highest BCUT2D eigenvalue weighted by molar-refractivity contribution is 5.70. The van der Waals surface area contributed by atoms with Crippen molar-refractivity contribution in [1.29, 1.82) is 0 Å². The first-order valence-corrected chi connectivity index (χ1v) is 2.58. The van der Waals surface area contributed by atoms with Crippen LogP contribution in [0, 0.1) is 6.39 Å². The molecule has 0 bridgehead atoms. The molecule has 0 fully saturated rings. The van der Waals surface area contributed by atoms with Crippen molar-refractivity contribution in [3.8, 4) is 0 Å². The number of hydrogen-bond donors (Lipinski definition) is 0. The van der Waals surface area contributed by atoms with Crippen molar-refractivity contribution in [2.45, 2.75) is 6.42 Å². The largest absolute Gasteiger partial charge is 0.469 e. The third-order valence-corrected chi connectivity index (χ3v) is 0.889. The lowest BCUT2D eigenvalue weighted by molar-refractivity contribution is -0.140. The first-order chi connectivity index (χ1) is 4.83. The Hall–Kier alpha value is -1.39. The lowest BCUT2D eigenvalue weighted by atomic mass is 10.4. The first kappa shape index (κ1) is 6.73. The van der Waals surface area contributed by atoms with E-state index in [9.17, 15) is 4.79 Å². The minimum absolute atomic E-state index is 0.00694. The van der Waals surface area contributed by atoms with Crippen LogP contribution in [0.4, 0.5) is 0 Å². The number of methoxy groups -OCH3 is 1. The van der Waals surface area contributed by atoms with Crippen LogP contribution >= 0.6 is 0 Å². The molecule has 0 aliphatic heterocycles. The Morgan fingerprint density at radius 3 is 3.20 bits per heavy atom. The van der Waals surface area contributed by atoms with E-state index in [4.69, 9.17) is 0 Å². The second-order valence-corrected chi connectivity index (χ2v) is 1.54. The van der Waals surface area contributed by atoms with Gasteiger partial charge < -0.3 is 9.15 Å². The van der Waals surface area contributed by atoms with E-state index in [1.807, 2.05) is 0 Å². The summed E-state index contributed by atoms with van der Waals surface area (Å²) < 4.78 is 8.90. The van der Waals surface area contributed by atoms with E-state index in [-0.39, 0.29) is 12.3 Å². The minimum Gasteiger partial charge on any atom is -0.469 e. The van der Waals surface area contributed by atoms with Gasteiger partial charge in [-0.3, -0.25) is 4.79 Å². The molecule has 1 aromatic heterocycles. The van der Waals surface area contributed by atoms with Gasteiger partial charge in [0, 0.05) is 0 Å². The molecule has 0 saturated heterocycles. The van der Waals surface area contributed by atoms with Crippen molar-refractivity contribution < 1.29 is 13.9 Å². The van der Waals surface area contributed by atoms with Gasteiger partial charge >= 0.3 is 12.4 Å². The summed E-state index contributed by atoms with van der Waals surface area (Å²) in [5.74, 6) is -0.190. The summed E-state index contributed by atoms with van der Waals surface area (Å²) in [4.78, 5) is 10.5. The van der Waals surface area contributed by atoms with E-state index < -0.39 is 5.97 Å². The molecule has 0 spiro atoms. The monoisotopic (exact) mass is 141 g/mol. The van der Waals surface area contributed by atoms with Gasteiger partial charge in [0.15, 0.2) is 0 Å². The van der Waals surface area contributed by atoms with Crippen molar-refractivity contribution in [1.82, 2.24) is 10.2 Å². The maximum Gasteiger partial charge on any atom is 0.315 e. The number of carbonyl (C=O) groups excluding carboxylic acids is 1. The van der Waals surface area contributed by atoms with Gasteiger partial charge in [0.25, 0.3) is 0 Å². The van der Waals surface area contributed by atoms with Crippen LogP contribution in [0.15, 0.2) is 4.42 Å². The molecule has 0 aromatic carbocycles. The van der Waals surface area contributed by atoms with E-state index in [1.165, 1.54) is 7.11 Å². The third kappa shape index (κ3) is 1.54. The second-order valence-electron chi connectivity index (χ2n) is 1.54. The number of nitrogens with zero attached hydrogens (tertiary/aromatic N) is 2. The molecule has 0 atom stereocenters. The Balaban J connectivity index is 2.48. The molecule has 0 aliphatic carbocycles. The van der Waals surface area contributed by atoms with Crippen molar-refractivity contribution >= 4 is 5.97 Å². The Kier molecular flexibility index (Phi) is 1.99. The first-order valence-electron chi connectivity index (χ1n) is 2.58. The number of ether oxygens (including phenoxy) is 1. The lowest BCUT2D eigenvalue weighted by Crippen LogP contribution is -2.04. The van der Waals surface area contributed by atoms with Crippen molar-refractivity contribution in [3.05, 3.63) is 12.3 Å². The minimum atomic E-state index is -0.405. The molecule has 0 aliphatic rings. The Morgan fingerprint density at radius 2 is 2.70 bits per heavy atom. The zero-order valence-electron chi connectivity index (χ0n) is 5.33. The van der Waals surface area contributed by atoms with Gasteiger partial charge in [0.1, 0.15) is 6.42 Å². The third-order valence-electron chi connectivity index (χ3n) is 0.889.